The van der Waals surface area contributed by atoms with Crippen LogP contribution in [0, 0.1) is 0 Å². The Labute approximate surface area is 63.3 Å². The molecule has 0 aliphatic rings. The summed E-state index contributed by atoms with van der Waals surface area (Å²) >= 11 is 0. The minimum absolute atomic E-state index is 0.213. The first kappa shape index (κ1) is 8.14. The Bertz CT molecular complexity index is 221. The average molecular weight is 157 g/mol. The van der Waals surface area contributed by atoms with Gasteiger partial charge in [0.1, 0.15) is 0 Å². The van der Waals surface area contributed by atoms with Gasteiger partial charge >= 0.3 is 0 Å². The second kappa shape index (κ2) is 2.96. The van der Waals surface area contributed by atoms with E-state index in [2.05, 4.69) is 0 Å². The molecule has 1 radical (unpaired) electrons. The molecule has 0 aliphatic carbocycles. The Morgan fingerprint density at radius 3 is 2.18 bits per heavy atom. The lowest BCUT2D eigenvalue weighted by Gasteiger charge is -2.11. The molecule has 1 nitrogen and oxygen atoms in total. The van der Waals surface area contributed by atoms with E-state index >= 15 is 0 Å². The summed E-state index contributed by atoms with van der Waals surface area (Å²) < 4.78 is 25.1. The van der Waals surface area contributed by atoms with Gasteiger partial charge in [-0.2, -0.15) is 8.78 Å². The number of hydrogen-bond acceptors (Lipinski definition) is 0. The van der Waals surface area contributed by atoms with Gasteiger partial charge in [0, 0.05) is 5.56 Å². The molecule has 11 heavy (non-hydrogen) atoms. The average Bonchev–Trinajstić information content (AvgIpc) is 2.06. The number of hydrogen-bond donors (Lipinski definition) is 0. The first-order valence-corrected chi connectivity index (χ1v) is 3.18. The lowest BCUT2D eigenvalue weighted by molar-refractivity contribution is -0.0783. The molecule has 0 saturated carbocycles. The van der Waals surface area contributed by atoms with Crippen LogP contribution in [-0.4, -0.2) is 6.61 Å². The number of rotatable bonds is 2. The molecule has 0 bridgehead atoms. The Kier molecular flexibility index (Phi) is 2.19. The molecule has 0 aromatic heterocycles. The van der Waals surface area contributed by atoms with Gasteiger partial charge in [-0.15, -0.1) is 0 Å². The van der Waals surface area contributed by atoms with Gasteiger partial charge in [0.15, 0.2) is 6.61 Å². The molecule has 0 amide bonds. The Morgan fingerprint density at radius 2 is 1.73 bits per heavy atom. The van der Waals surface area contributed by atoms with Gasteiger partial charge in [-0.1, -0.05) is 30.3 Å². The van der Waals surface area contributed by atoms with Crippen molar-refractivity contribution in [2.45, 2.75) is 5.92 Å². The Hall–Kier alpha value is -0.960. The minimum atomic E-state index is -3.22. The van der Waals surface area contributed by atoms with Crippen LogP contribution in [0.15, 0.2) is 30.3 Å². The maximum atomic E-state index is 12.6. The Morgan fingerprint density at radius 1 is 1.18 bits per heavy atom. The standard InChI is InChI=1S/C8H7F2O/c9-8(10,6-11)7-4-2-1-3-5-7/h1-5H,6H2. The highest BCUT2D eigenvalue weighted by Crippen LogP contribution is 2.26. The van der Waals surface area contributed by atoms with Crippen molar-refractivity contribution in [2.75, 3.05) is 6.61 Å². The summed E-state index contributed by atoms with van der Waals surface area (Å²) in [6.07, 6.45) is 0. The highest BCUT2D eigenvalue weighted by molar-refractivity contribution is 5.19. The highest BCUT2D eigenvalue weighted by atomic mass is 19.3. The Balaban J connectivity index is 2.93. The third-order valence-corrected chi connectivity index (χ3v) is 1.38. The van der Waals surface area contributed by atoms with Crippen LogP contribution in [0.2, 0.25) is 0 Å². The summed E-state index contributed by atoms with van der Waals surface area (Å²) in [5.41, 5.74) is -0.213. The van der Waals surface area contributed by atoms with Crippen molar-refractivity contribution < 1.29 is 13.9 Å². The van der Waals surface area contributed by atoms with Crippen molar-refractivity contribution in [1.29, 1.82) is 0 Å². The van der Waals surface area contributed by atoms with Gasteiger partial charge < -0.3 is 0 Å². The quantitative estimate of drug-likeness (QED) is 0.627. The van der Waals surface area contributed by atoms with E-state index in [0.29, 0.717) is 0 Å². The van der Waals surface area contributed by atoms with E-state index in [4.69, 9.17) is 0 Å². The van der Waals surface area contributed by atoms with Crippen LogP contribution in [0.4, 0.5) is 8.78 Å². The van der Waals surface area contributed by atoms with E-state index in [-0.39, 0.29) is 5.56 Å². The van der Waals surface area contributed by atoms with Crippen molar-refractivity contribution in [3.63, 3.8) is 0 Å². The van der Waals surface area contributed by atoms with E-state index in [1.807, 2.05) is 0 Å². The molecule has 0 fully saturated rings. The van der Waals surface area contributed by atoms with E-state index in [1.165, 1.54) is 24.3 Å². The van der Waals surface area contributed by atoms with Gasteiger partial charge in [0.25, 0.3) is 5.92 Å². The summed E-state index contributed by atoms with van der Waals surface area (Å²) in [4.78, 5) is 0. The molecular weight excluding hydrogens is 150 g/mol. The third kappa shape index (κ3) is 1.74. The number of alkyl halides is 2. The molecule has 0 heterocycles. The van der Waals surface area contributed by atoms with E-state index < -0.39 is 12.5 Å². The normalized spacial score (nSPS) is 11.5. The second-order valence-corrected chi connectivity index (χ2v) is 2.21. The second-order valence-electron chi connectivity index (χ2n) is 2.21. The first-order valence-electron chi connectivity index (χ1n) is 3.18. The molecule has 0 saturated heterocycles. The molecule has 0 spiro atoms. The molecule has 1 rings (SSSR count). The summed E-state index contributed by atoms with van der Waals surface area (Å²) in [7, 11) is 0. The lowest BCUT2D eigenvalue weighted by atomic mass is 10.1. The number of benzene rings is 1. The van der Waals surface area contributed by atoms with Gasteiger partial charge in [-0.3, -0.25) is 0 Å². The molecule has 0 aliphatic heterocycles. The summed E-state index contributed by atoms with van der Waals surface area (Å²) in [6, 6.07) is 7.10. The van der Waals surface area contributed by atoms with Crippen molar-refractivity contribution >= 4 is 0 Å². The molecule has 0 N–H and O–H groups in total. The smallest absolute Gasteiger partial charge is 0.230 e. The predicted molar refractivity (Wildman–Crippen MR) is 35.9 cm³/mol. The third-order valence-electron chi connectivity index (χ3n) is 1.38. The fourth-order valence-corrected chi connectivity index (χ4v) is 0.765. The van der Waals surface area contributed by atoms with Crippen LogP contribution in [0.25, 0.3) is 0 Å². The first-order chi connectivity index (χ1) is 5.17. The minimum Gasteiger partial charge on any atom is -0.230 e. The molecule has 1 aromatic rings. The van der Waals surface area contributed by atoms with E-state index in [9.17, 15) is 13.9 Å². The fourth-order valence-electron chi connectivity index (χ4n) is 0.765. The molecular formula is C8H7F2O. The maximum absolute atomic E-state index is 12.6. The van der Waals surface area contributed by atoms with E-state index in [0.717, 1.165) is 0 Å². The summed E-state index contributed by atoms with van der Waals surface area (Å²) in [5.74, 6) is -3.22. The largest absolute Gasteiger partial charge is 0.299 e. The van der Waals surface area contributed by atoms with Gasteiger partial charge in [-0.25, -0.2) is 5.11 Å². The fraction of sp³-hybridized carbons (Fsp3) is 0.250. The van der Waals surface area contributed by atoms with Gasteiger partial charge in [0.05, 0.1) is 0 Å². The van der Waals surface area contributed by atoms with E-state index in [1.54, 1.807) is 6.07 Å². The van der Waals surface area contributed by atoms with Gasteiger partial charge in [0.2, 0.25) is 0 Å². The molecule has 59 valence electrons. The van der Waals surface area contributed by atoms with Crippen molar-refractivity contribution in [2.24, 2.45) is 0 Å². The monoisotopic (exact) mass is 157 g/mol. The zero-order valence-corrected chi connectivity index (χ0v) is 5.76. The van der Waals surface area contributed by atoms with Crippen LogP contribution in [0.5, 0.6) is 0 Å². The highest BCUT2D eigenvalue weighted by Gasteiger charge is 2.30. The summed E-state index contributed by atoms with van der Waals surface area (Å²) in [5, 5.41) is 10.0. The van der Waals surface area contributed by atoms with Crippen LogP contribution in [0.3, 0.4) is 0 Å². The van der Waals surface area contributed by atoms with Crippen molar-refractivity contribution in [3.8, 4) is 0 Å². The summed E-state index contributed by atoms with van der Waals surface area (Å²) in [6.45, 7) is -1.39. The molecule has 0 unspecified atom stereocenters. The maximum Gasteiger partial charge on any atom is 0.299 e. The molecule has 1 aromatic carbocycles. The lowest BCUT2D eigenvalue weighted by Crippen LogP contribution is -2.17. The topological polar surface area (TPSA) is 19.9 Å². The molecule has 3 heteroatoms. The van der Waals surface area contributed by atoms with Crippen LogP contribution in [0.1, 0.15) is 5.56 Å². The number of halogens is 2. The molecule has 0 atom stereocenters. The van der Waals surface area contributed by atoms with Gasteiger partial charge in [-0.05, 0) is 0 Å². The van der Waals surface area contributed by atoms with Crippen molar-refractivity contribution in [1.82, 2.24) is 0 Å². The SMILES string of the molecule is [O]CC(F)(F)c1ccccc1. The van der Waals surface area contributed by atoms with Crippen LogP contribution < -0.4 is 0 Å². The predicted octanol–water partition coefficient (Wildman–Crippen LogP) is 2.21. The zero-order chi connectivity index (χ0) is 8.32. The van der Waals surface area contributed by atoms with Crippen LogP contribution >= 0.6 is 0 Å². The zero-order valence-electron chi connectivity index (χ0n) is 5.76. The van der Waals surface area contributed by atoms with Crippen molar-refractivity contribution in [3.05, 3.63) is 35.9 Å². The van der Waals surface area contributed by atoms with Crippen LogP contribution in [-0.2, 0) is 11.0 Å².